The van der Waals surface area contributed by atoms with Crippen LogP contribution in [0.15, 0.2) is 0 Å². The van der Waals surface area contributed by atoms with Crippen LogP contribution in [0.5, 0.6) is 0 Å². The molecule has 0 aromatic rings. The number of nitrogens with one attached hydrogen (secondary N) is 2. The SMILES string of the molecule is CC(C)(C)OC(=O)N[C@@H]1C(=O)N[C@@H]1CON1C(=O)CCC1=O. The molecule has 2 saturated heterocycles. The summed E-state index contributed by atoms with van der Waals surface area (Å²) in [6, 6.07) is -1.34. The van der Waals surface area contributed by atoms with E-state index in [0.29, 0.717) is 5.06 Å². The van der Waals surface area contributed by atoms with Crippen LogP contribution in [0.1, 0.15) is 33.6 Å². The predicted molar refractivity (Wildman–Crippen MR) is 72.1 cm³/mol. The van der Waals surface area contributed by atoms with Crippen molar-refractivity contribution in [2.45, 2.75) is 51.3 Å². The number of hydrogen-bond donors (Lipinski definition) is 2. The molecule has 9 heteroatoms. The van der Waals surface area contributed by atoms with Crippen molar-refractivity contribution >= 4 is 23.8 Å². The molecule has 22 heavy (non-hydrogen) atoms. The zero-order valence-corrected chi connectivity index (χ0v) is 12.7. The standard InChI is InChI=1S/C13H19N3O6/c1-13(2,3)22-12(20)15-10-7(14-11(10)19)6-21-16-8(17)4-5-9(16)18/h7,10H,4-6H2,1-3H3,(H,14,19)(H,15,20)/t7-,10+/m1/s1. The molecule has 0 saturated carbocycles. The van der Waals surface area contributed by atoms with Gasteiger partial charge in [-0.05, 0) is 20.8 Å². The van der Waals surface area contributed by atoms with E-state index in [0.717, 1.165) is 0 Å². The number of rotatable bonds is 4. The second-order valence-electron chi connectivity index (χ2n) is 6.12. The van der Waals surface area contributed by atoms with Gasteiger partial charge in [-0.25, -0.2) is 4.79 Å². The Hall–Kier alpha value is -2.16. The number of alkyl carbamates (subject to hydrolysis) is 1. The smallest absolute Gasteiger partial charge is 0.408 e. The highest BCUT2D eigenvalue weighted by atomic mass is 16.7. The lowest BCUT2D eigenvalue weighted by Gasteiger charge is -2.37. The Balaban J connectivity index is 1.82. The maximum absolute atomic E-state index is 11.6. The molecule has 0 radical (unpaired) electrons. The topological polar surface area (TPSA) is 114 Å². The van der Waals surface area contributed by atoms with Crippen molar-refractivity contribution in [1.29, 1.82) is 0 Å². The first kappa shape index (κ1) is 16.2. The van der Waals surface area contributed by atoms with E-state index in [9.17, 15) is 19.2 Å². The predicted octanol–water partition coefficient (Wildman–Crippen LogP) is -0.541. The van der Waals surface area contributed by atoms with Gasteiger partial charge in [-0.3, -0.25) is 19.2 Å². The Morgan fingerprint density at radius 3 is 2.36 bits per heavy atom. The number of carbonyl (C=O) groups excluding carboxylic acids is 4. The number of β-lactam (4-membered cyclic amide) rings is 1. The van der Waals surface area contributed by atoms with Crippen LogP contribution >= 0.6 is 0 Å². The summed E-state index contributed by atoms with van der Waals surface area (Å²) in [5.74, 6) is -1.20. The summed E-state index contributed by atoms with van der Waals surface area (Å²) in [6.07, 6.45) is -0.476. The summed E-state index contributed by atoms with van der Waals surface area (Å²) >= 11 is 0. The Labute approximate surface area is 127 Å². The van der Waals surface area contributed by atoms with Crippen LogP contribution < -0.4 is 10.6 Å². The zero-order chi connectivity index (χ0) is 16.5. The van der Waals surface area contributed by atoms with Gasteiger partial charge in [0.25, 0.3) is 11.8 Å². The van der Waals surface area contributed by atoms with E-state index < -0.39 is 35.6 Å². The van der Waals surface area contributed by atoms with Gasteiger partial charge in [0.05, 0.1) is 12.6 Å². The molecule has 0 bridgehead atoms. The lowest BCUT2D eigenvalue weighted by atomic mass is 10.0. The third kappa shape index (κ3) is 3.73. The molecule has 0 aliphatic carbocycles. The molecule has 2 N–H and O–H groups in total. The Morgan fingerprint density at radius 1 is 1.27 bits per heavy atom. The largest absolute Gasteiger partial charge is 0.444 e. The molecular formula is C13H19N3O6. The Kier molecular flexibility index (Phi) is 4.36. The van der Waals surface area contributed by atoms with Crippen LogP contribution in [0.3, 0.4) is 0 Å². The zero-order valence-electron chi connectivity index (χ0n) is 12.7. The van der Waals surface area contributed by atoms with Gasteiger partial charge in [-0.1, -0.05) is 0 Å². The molecule has 2 heterocycles. The first-order valence-corrected chi connectivity index (χ1v) is 6.96. The quantitative estimate of drug-likeness (QED) is 0.532. The number of nitrogens with zero attached hydrogens (tertiary/aromatic N) is 1. The van der Waals surface area contributed by atoms with Gasteiger partial charge >= 0.3 is 6.09 Å². The number of hydroxylamine groups is 2. The van der Waals surface area contributed by atoms with Gasteiger partial charge in [-0.15, -0.1) is 0 Å². The molecule has 2 aliphatic heterocycles. The molecule has 0 aromatic heterocycles. The van der Waals surface area contributed by atoms with E-state index in [1.54, 1.807) is 20.8 Å². The molecule has 2 fully saturated rings. The van der Waals surface area contributed by atoms with E-state index in [-0.39, 0.29) is 25.4 Å². The molecule has 0 unspecified atom stereocenters. The van der Waals surface area contributed by atoms with Gasteiger partial charge in [0.1, 0.15) is 11.6 Å². The summed E-state index contributed by atoms with van der Waals surface area (Å²) < 4.78 is 5.06. The molecule has 0 spiro atoms. The first-order chi connectivity index (χ1) is 10.2. The van der Waals surface area contributed by atoms with Crippen molar-refractivity contribution in [1.82, 2.24) is 15.7 Å². The summed E-state index contributed by atoms with van der Waals surface area (Å²) in [5, 5.41) is 5.66. The van der Waals surface area contributed by atoms with E-state index in [1.165, 1.54) is 0 Å². The molecular weight excluding hydrogens is 294 g/mol. The van der Waals surface area contributed by atoms with E-state index in [2.05, 4.69) is 10.6 Å². The number of imide groups is 1. The fourth-order valence-electron chi connectivity index (χ4n) is 2.04. The van der Waals surface area contributed by atoms with Gasteiger partial charge in [0, 0.05) is 12.8 Å². The third-order valence-corrected chi connectivity index (χ3v) is 3.07. The molecule has 2 rings (SSSR count). The van der Waals surface area contributed by atoms with Gasteiger partial charge in [-0.2, -0.15) is 5.06 Å². The van der Waals surface area contributed by atoms with Crippen molar-refractivity contribution in [3.8, 4) is 0 Å². The van der Waals surface area contributed by atoms with Crippen molar-refractivity contribution in [3.05, 3.63) is 0 Å². The van der Waals surface area contributed by atoms with Crippen molar-refractivity contribution in [3.63, 3.8) is 0 Å². The summed E-state index contributed by atoms with van der Waals surface area (Å²) in [7, 11) is 0. The highest BCUT2D eigenvalue weighted by Crippen LogP contribution is 2.15. The minimum Gasteiger partial charge on any atom is -0.444 e. The average molecular weight is 313 g/mol. The van der Waals surface area contributed by atoms with Crippen LogP contribution in [0.2, 0.25) is 0 Å². The maximum Gasteiger partial charge on any atom is 0.408 e. The lowest BCUT2D eigenvalue weighted by Crippen LogP contribution is -2.71. The van der Waals surface area contributed by atoms with Gasteiger partial charge in [0.15, 0.2) is 0 Å². The molecule has 4 amide bonds. The highest BCUT2D eigenvalue weighted by molar-refractivity contribution is 6.00. The minimum absolute atomic E-state index is 0.0936. The number of ether oxygens (including phenoxy) is 1. The molecule has 122 valence electrons. The fraction of sp³-hybridized carbons (Fsp3) is 0.692. The minimum atomic E-state index is -0.817. The lowest BCUT2D eigenvalue weighted by molar-refractivity contribution is -0.191. The van der Waals surface area contributed by atoms with Crippen LogP contribution in [0, 0.1) is 0 Å². The first-order valence-electron chi connectivity index (χ1n) is 6.96. The second kappa shape index (κ2) is 5.91. The number of carbonyl (C=O) groups is 4. The molecule has 2 aliphatic rings. The molecule has 0 aromatic carbocycles. The molecule has 9 nitrogen and oxygen atoms in total. The maximum atomic E-state index is 11.6. The van der Waals surface area contributed by atoms with Crippen LogP contribution in [-0.4, -0.2) is 53.2 Å². The highest BCUT2D eigenvalue weighted by Gasteiger charge is 2.42. The monoisotopic (exact) mass is 313 g/mol. The average Bonchev–Trinajstić information content (AvgIpc) is 2.70. The fourth-order valence-corrected chi connectivity index (χ4v) is 2.04. The summed E-state index contributed by atoms with van der Waals surface area (Å²) in [5.41, 5.74) is -0.676. The Bertz CT molecular complexity index is 496. The van der Waals surface area contributed by atoms with Crippen LogP contribution in [-0.2, 0) is 24.0 Å². The Morgan fingerprint density at radius 2 is 1.86 bits per heavy atom. The normalized spacial score (nSPS) is 24.9. The van der Waals surface area contributed by atoms with Crippen LogP contribution in [0.25, 0.3) is 0 Å². The van der Waals surface area contributed by atoms with E-state index >= 15 is 0 Å². The number of hydrogen-bond acceptors (Lipinski definition) is 6. The molecule has 2 atom stereocenters. The summed E-state index contributed by atoms with van der Waals surface area (Å²) in [4.78, 5) is 51.0. The van der Waals surface area contributed by atoms with Crippen molar-refractivity contribution in [2.75, 3.05) is 6.61 Å². The van der Waals surface area contributed by atoms with E-state index in [1.807, 2.05) is 0 Å². The third-order valence-electron chi connectivity index (χ3n) is 3.07. The van der Waals surface area contributed by atoms with Gasteiger partial charge < -0.3 is 15.4 Å². The summed E-state index contributed by atoms with van der Waals surface area (Å²) in [6.45, 7) is 5.03. The van der Waals surface area contributed by atoms with Gasteiger partial charge in [0.2, 0.25) is 5.91 Å². The second-order valence-corrected chi connectivity index (χ2v) is 6.12. The van der Waals surface area contributed by atoms with Crippen LogP contribution in [0.4, 0.5) is 4.79 Å². The van der Waals surface area contributed by atoms with E-state index in [4.69, 9.17) is 9.57 Å². The number of amides is 4. The van der Waals surface area contributed by atoms with Crippen molar-refractivity contribution < 1.29 is 28.8 Å². The van der Waals surface area contributed by atoms with Crippen molar-refractivity contribution in [2.24, 2.45) is 0 Å².